The van der Waals surface area contributed by atoms with Crippen molar-refractivity contribution in [3.05, 3.63) is 29.8 Å². The molecule has 1 heterocycles. The van der Waals surface area contributed by atoms with Crippen molar-refractivity contribution < 1.29 is 9.64 Å². The molecule has 0 aromatic heterocycles. The van der Waals surface area contributed by atoms with E-state index in [-0.39, 0.29) is 0 Å². The Morgan fingerprint density at radius 3 is 2.45 bits per heavy atom. The van der Waals surface area contributed by atoms with Crippen molar-refractivity contribution in [3.8, 4) is 5.75 Å². The number of rotatable bonds is 6. The summed E-state index contributed by atoms with van der Waals surface area (Å²) in [6.07, 6.45) is 6.98. The minimum atomic E-state index is 0.308. The lowest BCUT2D eigenvalue weighted by molar-refractivity contribution is -0.928. The van der Waals surface area contributed by atoms with Crippen LogP contribution in [0.25, 0.3) is 0 Å². The maximum absolute atomic E-state index is 6.07. The van der Waals surface area contributed by atoms with Crippen LogP contribution in [-0.2, 0) is 0 Å². The quantitative estimate of drug-likeness (QED) is 0.843. The zero-order chi connectivity index (χ0) is 14.4. The van der Waals surface area contributed by atoms with Crippen LogP contribution >= 0.6 is 0 Å². The second-order valence-electron chi connectivity index (χ2n) is 6.39. The standard InChI is InChI=1S/C18H29NO/c1-15-9-5-6-10-18(15)20-17(3)12-11-16(2)19-13-7-4-8-14-19/h5-6,9-10,16-17H,4,7-8,11-14H2,1-3H3/p+1/t16-,17+/m0/s1. The number of ether oxygens (including phenoxy) is 1. The van der Waals surface area contributed by atoms with E-state index < -0.39 is 0 Å². The van der Waals surface area contributed by atoms with Crippen molar-refractivity contribution >= 4 is 0 Å². The summed E-state index contributed by atoms with van der Waals surface area (Å²) in [4.78, 5) is 1.80. The Bertz CT molecular complexity index is 398. The van der Waals surface area contributed by atoms with Crippen LogP contribution in [0.5, 0.6) is 5.75 Å². The summed E-state index contributed by atoms with van der Waals surface area (Å²) in [5.41, 5.74) is 1.23. The largest absolute Gasteiger partial charge is 0.490 e. The Balaban J connectivity index is 1.74. The fraction of sp³-hybridized carbons (Fsp3) is 0.667. The molecule has 0 radical (unpaired) electrons. The Hall–Kier alpha value is -1.02. The van der Waals surface area contributed by atoms with E-state index in [0.29, 0.717) is 6.10 Å². The van der Waals surface area contributed by atoms with Gasteiger partial charge in [0.2, 0.25) is 0 Å². The van der Waals surface area contributed by atoms with E-state index >= 15 is 0 Å². The van der Waals surface area contributed by atoms with E-state index in [1.54, 1.807) is 4.90 Å². The van der Waals surface area contributed by atoms with Crippen LogP contribution in [0.15, 0.2) is 24.3 Å². The number of nitrogens with one attached hydrogen (secondary N) is 1. The molecule has 0 unspecified atom stereocenters. The van der Waals surface area contributed by atoms with E-state index in [9.17, 15) is 0 Å². The maximum atomic E-state index is 6.07. The first-order valence-corrected chi connectivity index (χ1v) is 8.23. The lowest BCUT2D eigenvalue weighted by Crippen LogP contribution is -3.16. The number of para-hydroxylation sites is 1. The third-order valence-electron chi connectivity index (χ3n) is 4.62. The molecule has 2 atom stereocenters. The number of piperidine rings is 1. The van der Waals surface area contributed by atoms with Gasteiger partial charge in [0.1, 0.15) is 5.75 Å². The molecule has 1 N–H and O–H groups in total. The predicted molar refractivity (Wildman–Crippen MR) is 84.5 cm³/mol. The van der Waals surface area contributed by atoms with Crippen LogP contribution in [-0.4, -0.2) is 25.2 Å². The van der Waals surface area contributed by atoms with E-state index in [0.717, 1.165) is 18.2 Å². The fourth-order valence-electron chi connectivity index (χ4n) is 3.15. The van der Waals surface area contributed by atoms with Gasteiger partial charge in [0, 0.05) is 6.42 Å². The van der Waals surface area contributed by atoms with Gasteiger partial charge >= 0.3 is 0 Å². The molecular weight excluding hydrogens is 246 g/mol. The zero-order valence-corrected chi connectivity index (χ0v) is 13.3. The van der Waals surface area contributed by atoms with Crippen molar-refractivity contribution in [2.45, 2.75) is 65.0 Å². The molecule has 1 aromatic rings. The van der Waals surface area contributed by atoms with Crippen molar-refractivity contribution in [1.29, 1.82) is 0 Å². The molecule has 1 fully saturated rings. The Morgan fingerprint density at radius 1 is 1.05 bits per heavy atom. The molecule has 1 saturated heterocycles. The molecule has 1 aliphatic rings. The van der Waals surface area contributed by atoms with Gasteiger partial charge in [-0.3, -0.25) is 0 Å². The van der Waals surface area contributed by atoms with Crippen molar-refractivity contribution in [2.24, 2.45) is 0 Å². The van der Waals surface area contributed by atoms with Crippen LogP contribution in [0.1, 0.15) is 51.5 Å². The summed E-state index contributed by atoms with van der Waals surface area (Å²) in [5.74, 6) is 1.04. The highest BCUT2D eigenvalue weighted by Crippen LogP contribution is 2.19. The summed E-state index contributed by atoms with van der Waals surface area (Å²) in [6, 6.07) is 9.08. The third-order valence-corrected chi connectivity index (χ3v) is 4.62. The van der Waals surface area contributed by atoms with E-state index in [1.807, 2.05) is 0 Å². The van der Waals surface area contributed by atoms with Gasteiger partial charge < -0.3 is 9.64 Å². The molecular formula is C18H30NO+. The summed E-state index contributed by atoms with van der Waals surface area (Å²) in [7, 11) is 0. The molecule has 0 bridgehead atoms. The molecule has 1 aromatic carbocycles. The monoisotopic (exact) mass is 276 g/mol. The molecule has 0 amide bonds. The lowest BCUT2D eigenvalue weighted by atomic mass is 10.0. The number of aryl methyl sites for hydroxylation is 1. The molecule has 20 heavy (non-hydrogen) atoms. The Kier molecular flexibility index (Phi) is 5.90. The van der Waals surface area contributed by atoms with Gasteiger partial charge in [-0.2, -0.15) is 0 Å². The first-order chi connectivity index (χ1) is 9.66. The molecule has 2 nitrogen and oxygen atoms in total. The van der Waals surface area contributed by atoms with Gasteiger partial charge in [0.15, 0.2) is 0 Å². The lowest BCUT2D eigenvalue weighted by Gasteiger charge is -2.30. The zero-order valence-electron chi connectivity index (χ0n) is 13.3. The van der Waals surface area contributed by atoms with Crippen molar-refractivity contribution in [1.82, 2.24) is 0 Å². The molecule has 1 aliphatic heterocycles. The third kappa shape index (κ3) is 4.52. The minimum Gasteiger partial charge on any atom is -0.490 e. The second-order valence-corrected chi connectivity index (χ2v) is 6.39. The van der Waals surface area contributed by atoms with Crippen LogP contribution in [0.4, 0.5) is 0 Å². The smallest absolute Gasteiger partial charge is 0.122 e. The average molecular weight is 276 g/mol. The summed E-state index contributed by atoms with van der Waals surface area (Å²) in [6.45, 7) is 9.46. The molecule has 0 aliphatic carbocycles. The topological polar surface area (TPSA) is 13.7 Å². The second kappa shape index (κ2) is 7.68. The maximum Gasteiger partial charge on any atom is 0.122 e. The number of hydrogen-bond donors (Lipinski definition) is 1. The summed E-state index contributed by atoms with van der Waals surface area (Å²) >= 11 is 0. The average Bonchev–Trinajstić information content (AvgIpc) is 2.48. The molecule has 2 rings (SSSR count). The van der Waals surface area contributed by atoms with Gasteiger partial charge in [-0.15, -0.1) is 0 Å². The molecule has 0 spiro atoms. The number of quaternary nitrogens is 1. The van der Waals surface area contributed by atoms with Crippen LogP contribution in [0, 0.1) is 6.92 Å². The highest BCUT2D eigenvalue weighted by molar-refractivity contribution is 5.31. The van der Waals surface area contributed by atoms with Crippen LogP contribution < -0.4 is 9.64 Å². The van der Waals surface area contributed by atoms with Crippen LogP contribution in [0.2, 0.25) is 0 Å². The molecule has 0 saturated carbocycles. The first kappa shape index (κ1) is 15.4. The van der Waals surface area contributed by atoms with Crippen molar-refractivity contribution in [2.75, 3.05) is 13.1 Å². The Morgan fingerprint density at radius 2 is 1.75 bits per heavy atom. The number of benzene rings is 1. The Labute approximate surface area is 124 Å². The van der Waals surface area contributed by atoms with E-state index in [2.05, 4.69) is 45.0 Å². The first-order valence-electron chi connectivity index (χ1n) is 8.23. The number of hydrogen-bond acceptors (Lipinski definition) is 1. The van der Waals surface area contributed by atoms with E-state index in [4.69, 9.17) is 4.74 Å². The van der Waals surface area contributed by atoms with Gasteiger partial charge in [0.05, 0.1) is 25.2 Å². The SMILES string of the molecule is Cc1ccccc1O[C@H](C)CC[C@H](C)[NH+]1CCCCC1. The van der Waals surface area contributed by atoms with Gasteiger partial charge in [-0.05, 0) is 58.1 Å². The number of likely N-dealkylation sites (tertiary alicyclic amines) is 1. The minimum absolute atomic E-state index is 0.308. The summed E-state index contributed by atoms with van der Waals surface area (Å²) in [5, 5.41) is 0. The van der Waals surface area contributed by atoms with Crippen molar-refractivity contribution in [3.63, 3.8) is 0 Å². The highest BCUT2D eigenvalue weighted by Gasteiger charge is 2.20. The van der Waals surface area contributed by atoms with Gasteiger partial charge in [-0.25, -0.2) is 0 Å². The fourth-order valence-corrected chi connectivity index (χ4v) is 3.15. The summed E-state index contributed by atoms with van der Waals surface area (Å²) < 4.78 is 6.07. The molecule has 112 valence electrons. The van der Waals surface area contributed by atoms with Gasteiger partial charge in [0.25, 0.3) is 0 Å². The molecule has 2 heteroatoms. The van der Waals surface area contributed by atoms with Gasteiger partial charge in [-0.1, -0.05) is 18.2 Å². The van der Waals surface area contributed by atoms with E-state index in [1.165, 1.54) is 44.3 Å². The van der Waals surface area contributed by atoms with Crippen LogP contribution in [0.3, 0.4) is 0 Å². The normalized spacial score (nSPS) is 19.6. The highest BCUT2D eigenvalue weighted by atomic mass is 16.5. The predicted octanol–water partition coefficient (Wildman–Crippen LogP) is 3.00.